The summed E-state index contributed by atoms with van der Waals surface area (Å²) in [6, 6.07) is 14.2. The Morgan fingerprint density at radius 1 is 0.409 bits per heavy atom. The highest BCUT2D eigenvalue weighted by molar-refractivity contribution is 6.35. The molecule has 106 valence electrons. The highest BCUT2D eigenvalue weighted by atomic mass is 14.2. The largest absolute Gasteiger partial charge is 0.0511 e. The van der Waals surface area contributed by atoms with E-state index in [1.165, 1.54) is 65.3 Å². The Labute approximate surface area is 130 Å². The van der Waals surface area contributed by atoms with E-state index in [0.29, 0.717) is 0 Å². The number of fused-ring (bicyclic) bond motifs is 2. The van der Waals surface area contributed by atoms with E-state index >= 15 is 0 Å². The topological polar surface area (TPSA) is 0 Å². The van der Waals surface area contributed by atoms with Crippen molar-refractivity contribution in [3.05, 3.63) is 58.7 Å². The molecule has 0 unspecified atom stereocenters. The lowest BCUT2D eigenvalue weighted by Gasteiger charge is -2.09. The third kappa shape index (κ3) is 1.29. The van der Waals surface area contributed by atoms with Crippen LogP contribution in [0.25, 0.3) is 43.1 Å². The molecule has 5 aromatic rings. The first-order valence-corrected chi connectivity index (χ1v) is 7.96. The van der Waals surface area contributed by atoms with E-state index in [2.05, 4.69) is 64.1 Å². The summed E-state index contributed by atoms with van der Waals surface area (Å²) in [5.74, 6) is 0. The molecule has 0 spiro atoms. The van der Waals surface area contributed by atoms with Crippen molar-refractivity contribution in [1.82, 2.24) is 0 Å². The van der Waals surface area contributed by atoms with E-state index in [0.717, 1.165) is 0 Å². The number of benzene rings is 3. The van der Waals surface area contributed by atoms with E-state index < -0.39 is 0 Å². The highest BCUT2D eigenvalue weighted by Crippen LogP contribution is 2.45. The minimum atomic E-state index is 1.35. The van der Waals surface area contributed by atoms with Gasteiger partial charge < -0.3 is 0 Å². The van der Waals surface area contributed by atoms with Gasteiger partial charge in [-0.15, -0.1) is 0 Å². The Bertz CT molecular complexity index is 1090. The second-order valence-electron chi connectivity index (χ2n) is 6.95. The summed E-state index contributed by atoms with van der Waals surface area (Å²) in [4.78, 5) is 0. The lowest BCUT2D eigenvalue weighted by atomic mass is 9.94. The Morgan fingerprint density at radius 2 is 0.727 bits per heavy atom. The van der Waals surface area contributed by atoms with Gasteiger partial charge in [0.2, 0.25) is 0 Å². The van der Waals surface area contributed by atoms with E-state index in [-0.39, 0.29) is 0 Å². The Balaban J connectivity index is 2.27. The van der Waals surface area contributed by atoms with Crippen LogP contribution in [0.5, 0.6) is 0 Å². The fraction of sp³-hybridized carbons (Fsp3) is 0.182. The van der Waals surface area contributed by atoms with Gasteiger partial charge in [0.1, 0.15) is 0 Å². The first kappa shape index (κ1) is 12.2. The predicted molar refractivity (Wildman–Crippen MR) is 97.8 cm³/mol. The van der Waals surface area contributed by atoms with Crippen molar-refractivity contribution in [2.75, 3.05) is 0 Å². The fourth-order valence-electron chi connectivity index (χ4n) is 4.36. The smallest absolute Gasteiger partial charge is 0.00234 e. The normalized spacial score (nSPS) is 12.5. The van der Waals surface area contributed by atoms with Crippen LogP contribution in [0.3, 0.4) is 0 Å². The van der Waals surface area contributed by atoms with Gasteiger partial charge in [-0.25, -0.2) is 0 Å². The van der Waals surface area contributed by atoms with Crippen molar-refractivity contribution < 1.29 is 0 Å². The van der Waals surface area contributed by atoms with E-state index in [4.69, 9.17) is 0 Å². The quantitative estimate of drug-likeness (QED) is 0.288. The molecule has 0 bridgehead atoms. The van der Waals surface area contributed by atoms with Gasteiger partial charge in [0.15, 0.2) is 0 Å². The molecule has 0 saturated heterocycles. The molecule has 0 nitrogen and oxygen atoms in total. The zero-order valence-corrected chi connectivity index (χ0v) is 13.5. The molecular weight excluding hydrogens is 264 g/mol. The summed E-state index contributed by atoms with van der Waals surface area (Å²) in [7, 11) is 0. The maximum atomic E-state index is 2.38. The predicted octanol–water partition coefficient (Wildman–Crippen LogP) is 6.41. The van der Waals surface area contributed by atoms with Crippen molar-refractivity contribution in [1.29, 1.82) is 0 Å². The molecule has 0 amide bonds. The summed E-state index contributed by atoms with van der Waals surface area (Å²) in [6.07, 6.45) is 0. The van der Waals surface area contributed by atoms with Gasteiger partial charge in [-0.05, 0) is 93.0 Å². The molecule has 0 N–H and O–H groups in total. The van der Waals surface area contributed by atoms with Gasteiger partial charge in [0, 0.05) is 0 Å². The van der Waals surface area contributed by atoms with Crippen molar-refractivity contribution in [2.45, 2.75) is 27.7 Å². The second-order valence-corrected chi connectivity index (χ2v) is 6.95. The van der Waals surface area contributed by atoms with E-state index in [9.17, 15) is 0 Å². The lowest BCUT2D eigenvalue weighted by molar-refractivity contribution is 1.51. The van der Waals surface area contributed by atoms with Gasteiger partial charge in [-0.2, -0.15) is 0 Å². The first-order valence-electron chi connectivity index (χ1n) is 7.96. The Morgan fingerprint density at radius 3 is 1.14 bits per heavy atom. The van der Waals surface area contributed by atoms with E-state index in [1.54, 1.807) is 0 Å². The summed E-state index contributed by atoms with van der Waals surface area (Å²) >= 11 is 0. The van der Waals surface area contributed by atoms with Crippen LogP contribution in [-0.4, -0.2) is 0 Å². The van der Waals surface area contributed by atoms with Crippen LogP contribution in [0.2, 0.25) is 0 Å². The lowest BCUT2D eigenvalue weighted by Crippen LogP contribution is -1.82. The fourth-order valence-corrected chi connectivity index (χ4v) is 4.36. The molecule has 0 saturated carbocycles. The Hall–Kier alpha value is -2.34. The zero-order valence-electron chi connectivity index (χ0n) is 13.5. The van der Waals surface area contributed by atoms with Gasteiger partial charge in [-0.1, -0.05) is 36.4 Å². The molecule has 5 aromatic carbocycles. The SMILES string of the molecule is Cc1cc2c(C)cc3c4cc(C)cc5c(C)cc(c(c1)c23)c54. The molecule has 0 atom stereocenters. The molecule has 0 aliphatic heterocycles. The monoisotopic (exact) mass is 282 g/mol. The Kier molecular flexibility index (Phi) is 2.06. The van der Waals surface area contributed by atoms with Crippen molar-refractivity contribution in [3.63, 3.8) is 0 Å². The summed E-state index contributed by atoms with van der Waals surface area (Å²) in [5, 5.41) is 11.4. The molecule has 5 rings (SSSR count). The number of hydrogen-bond acceptors (Lipinski definition) is 0. The third-order valence-corrected chi connectivity index (χ3v) is 5.26. The van der Waals surface area contributed by atoms with Gasteiger partial charge in [0.05, 0.1) is 0 Å². The van der Waals surface area contributed by atoms with Gasteiger partial charge in [-0.3, -0.25) is 0 Å². The molecule has 0 fully saturated rings. The molecule has 22 heavy (non-hydrogen) atoms. The van der Waals surface area contributed by atoms with Crippen molar-refractivity contribution >= 4 is 43.1 Å². The van der Waals surface area contributed by atoms with Crippen LogP contribution in [0.4, 0.5) is 0 Å². The molecular formula is C22H18. The second kappa shape index (κ2) is 3.70. The summed E-state index contributed by atoms with van der Waals surface area (Å²) in [6.45, 7) is 8.89. The maximum absolute atomic E-state index is 2.38. The molecule has 0 radical (unpaired) electrons. The van der Waals surface area contributed by atoms with E-state index in [1.807, 2.05) is 0 Å². The van der Waals surface area contributed by atoms with Crippen LogP contribution in [0.15, 0.2) is 36.4 Å². The third-order valence-electron chi connectivity index (χ3n) is 5.26. The number of aryl methyl sites for hydroxylation is 4. The minimum Gasteiger partial charge on any atom is -0.0511 e. The number of rotatable bonds is 0. The van der Waals surface area contributed by atoms with Crippen LogP contribution in [-0.2, 0) is 0 Å². The molecule has 0 aliphatic carbocycles. The maximum Gasteiger partial charge on any atom is -0.00234 e. The first-order chi connectivity index (χ1) is 10.5. The van der Waals surface area contributed by atoms with Crippen LogP contribution >= 0.6 is 0 Å². The molecule has 0 aromatic heterocycles. The van der Waals surface area contributed by atoms with Gasteiger partial charge in [0.25, 0.3) is 0 Å². The van der Waals surface area contributed by atoms with Gasteiger partial charge >= 0.3 is 0 Å². The summed E-state index contributed by atoms with van der Waals surface area (Å²) < 4.78 is 0. The number of hydrogen-bond donors (Lipinski definition) is 0. The molecule has 0 heterocycles. The highest BCUT2D eigenvalue weighted by Gasteiger charge is 2.18. The zero-order chi connectivity index (χ0) is 15.2. The van der Waals surface area contributed by atoms with Crippen LogP contribution < -0.4 is 0 Å². The van der Waals surface area contributed by atoms with Crippen LogP contribution in [0, 0.1) is 27.7 Å². The summed E-state index contributed by atoms with van der Waals surface area (Å²) in [5.41, 5.74) is 5.49. The minimum absolute atomic E-state index is 1.35. The van der Waals surface area contributed by atoms with Crippen molar-refractivity contribution in [2.24, 2.45) is 0 Å². The average molecular weight is 282 g/mol. The van der Waals surface area contributed by atoms with Crippen LogP contribution in [0.1, 0.15) is 22.3 Å². The standard InChI is InChI=1S/C22H18/c1-11-5-15-13(3)9-20-18-8-12(2)6-16-14(4)10-19(22(16)18)17(7-11)21(15)20/h5-10H,1-4H3. The molecule has 0 aliphatic rings. The molecule has 0 heteroatoms. The average Bonchev–Trinajstić information content (AvgIpc) is 2.96. The van der Waals surface area contributed by atoms with Crippen molar-refractivity contribution in [3.8, 4) is 0 Å².